The van der Waals surface area contributed by atoms with E-state index in [1.54, 1.807) is 66.7 Å². The van der Waals surface area contributed by atoms with Gasteiger partial charge < -0.3 is 28.7 Å². The first-order valence-corrected chi connectivity index (χ1v) is 26.2. The number of aliphatic hydroxyl groups is 2. The fraction of sp³-hybridized carbons (Fsp3) is 0.429. The predicted molar refractivity (Wildman–Crippen MR) is 268 cm³/mol. The van der Waals surface area contributed by atoms with E-state index in [1.165, 1.54) is 12.1 Å². The summed E-state index contributed by atoms with van der Waals surface area (Å²) < 4.78 is 53.9. The van der Waals surface area contributed by atoms with Crippen molar-refractivity contribution < 1.29 is 47.1 Å². The summed E-state index contributed by atoms with van der Waals surface area (Å²) >= 11 is 25.9. The lowest BCUT2D eigenvalue weighted by Gasteiger charge is -2.43. The number of carbonyl (C=O) groups excluding carboxylic acids is 2. The molecule has 2 heterocycles. The fourth-order valence-electron chi connectivity index (χ4n) is 12.3. The molecule has 0 saturated heterocycles. The van der Waals surface area contributed by atoms with E-state index in [0.29, 0.717) is 104 Å². The van der Waals surface area contributed by atoms with Crippen LogP contribution in [0.5, 0.6) is 0 Å². The zero-order valence-electron chi connectivity index (χ0n) is 39.5. The molecule has 0 amide bonds. The summed E-state index contributed by atoms with van der Waals surface area (Å²) in [6.45, 7) is 7.77. The van der Waals surface area contributed by atoms with Crippen molar-refractivity contribution in [3.05, 3.63) is 156 Å². The number of halogens is 6. The van der Waals surface area contributed by atoms with Crippen LogP contribution in [0.25, 0.3) is 27.4 Å². The van der Waals surface area contributed by atoms with Gasteiger partial charge in [0.2, 0.25) is 0 Å². The van der Waals surface area contributed by atoms with Gasteiger partial charge in [-0.15, -0.1) is 0 Å². The molecule has 6 fully saturated rings. The van der Waals surface area contributed by atoms with Gasteiger partial charge in [0.1, 0.15) is 34.5 Å². The van der Waals surface area contributed by atoms with Crippen LogP contribution in [0.2, 0.25) is 20.1 Å². The van der Waals surface area contributed by atoms with Crippen LogP contribution in [0.15, 0.2) is 87.9 Å². The van der Waals surface area contributed by atoms with E-state index < -0.39 is 17.0 Å². The van der Waals surface area contributed by atoms with Crippen LogP contribution >= 0.6 is 46.4 Å². The van der Waals surface area contributed by atoms with Gasteiger partial charge in [0.15, 0.2) is 5.69 Å². The quantitative estimate of drug-likeness (QED) is 0.113. The number of rotatable bonds is 12. The van der Waals surface area contributed by atoms with Gasteiger partial charge in [-0.25, -0.2) is 13.6 Å². The first-order valence-electron chi connectivity index (χ1n) is 24.7. The van der Waals surface area contributed by atoms with E-state index in [2.05, 4.69) is 15.2 Å². The average Bonchev–Trinajstić information content (AvgIpc) is 4.30. The van der Waals surface area contributed by atoms with Gasteiger partial charge in [-0.2, -0.15) is 9.59 Å². The molecular weight excluding hydrogens is 1020 g/mol. The van der Waals surface area contributed by atoms with Crippen LogP contribution in [0.1, 0.15) is 123 Å². The number of aromatic nitrogens is 2. The zero-order valence-corrected chi connectivity index (χ0v) is 42.5. The molecule has 8 atom stereocenters. The summed E-state index contributed by atoms with van der Waals surface area (Å²) in [5.41, 5.74) is 2.93. The van der Waals surface area contributed by atoms with Crippen LogP contribution in [-0.4, -0.2) is 38.9 Å². The molecule has 73 heavy (non-hydrogen) atoms. The van der Waals surface area contributed by atoms with Crippen molar-refractivity contribution in [1.82, 2.24) is 10.3 Å². The number of hydrogen-bond donors (Lipinski definition) is 2. The Morgan fingerprint density at radius 2 is 1.00 bits per heavy atom. The molecule has 4 aromatic carbocycles. The summed E-state index contributed by atoms with van der Waals surface area (Å²) in [6, 6.07) is 21.7. The maximum Gasteiger partial charge on any atom is 0.373 e. The Morgan fingerprint density at radius 1 is 0.603 bits per heavy atom. The van der Waals surface area contributed by atoms with Gasteiger partial charge in [-0.3, -0.25) is 0 Å². The lowest BCUT2D eigenvalue weighted by atomic mass is 9.69. The van der Waals surface area contributed by atoms with Crippen LogP contribution in [0, 0.1) is 41.9 Å². The molecule has 0 spiro atoms. The minimum absolute atomic E-state index is 0.0268. The van der Waals surface area contributed by atoms with E-state index in [0.717, 1.165) is 74.0 Å². The van der Waals surface area contributed by atoms with Crippen LogP contribution in [0.4, 0.5) is 14.5 Å². The Balaban J connectivity index is 0.000000159. The highest BCUT2D eigenvalue weighted by Gasteiger charge is 2.57. The topological polar surface area (TPSA) is 149 Å². The van der Waals surface area contributed by atoms with Gasteiger partial charge in [0, 0.05) is 45.2 Å². The molecule has 0 radical (unpaired) electrons. The molecule has 11 nitrogen and oxygen atoms in total. The van der Waals surface area contributed by atoms with Gasteiger partial charge in [-0.1, -0.05) is 99.2 Å². The third-order valence-corrected chi connectivity index (χ3v) is 17.3. The maximum atomic E-state index is 14.9. The summed E-state index contributed by atoms with van der Waals surface area (Å²) in [5.74, 6) is 1.24. The maximum absolute atomic E-state index is 14.9. The Morgan fingerprint density at radius 3 is 1.37 bits per heavy atom. The molecule has 17 heteroatoms. The lowest BCUT2D eigenvalue weighted by Crippen LogP contribution is -2.45. The fourth-order valence-corrected chi connectivity index (χ4v) is 13.5. The van der Waals surface area contributed by atoms with Crippen molar-refractivity contribution in [2.45, 2.75) is 126 Å². The molecule has 6 saturated carbocycles. The summed E-state index contributed by atoms with van der Waals surface area (Å²) in [4.78, 5) is 19.5. The standard InChI is InChI=1S/C28H25Cl2FN2O3.C27H26Cl2FNO3.CO2/c1-32-18-9-10-21(24(31)13-18)28(34)16-7-8-17(28)12-19(11-16)35-14-20-26(33-36-27(20)15-5-6-15)25-22(29)3-2-4-23(25)30;28-21-5-3-6-22(29)24(21)25-19(26(34-31-25)15-8-9-15)14-33-18-12-16-10-11-17(13-18)27(16,32)20-4-1-2-7-23(20)30;2-1-3/h2-4,9-10,13,15-17,19,34H,5-8,11-12,14H2;1-7,15-18,32H,8-14H2;/t16-,17+,19?,28?;16-,17+,18?,27?;. The lowest BCUT2D eigenvalue weighted by molar-refractivity contribution is -0.191. The van der Waals surface area contributed by atoms with Gasteiger partial charge in [0.25, 0.3) is 0 Å². The Kier molecular flexibility index (Phi) is 15.1. The highest BCUT2D eigenvalue weighted by molar-refractivity contribution is 6.39. The van der Waals surface area contributed by atoms with Gasteiger partial charge >= 0.3 is 6.15 Å². The van der Waals surface area contributed by atoms with Crippen LogP contribution < -0.4 is 0 Å². The molecule has 380 valence electrons. The van der Waals surface area contributed by atoms with E-state index in [1.807, 2.05) is 0 Å². The number of ether oxygens (including phenoxy) is 2. The first-order chi connectivity index (χ1) is 35.3. The van der Waals surface area contributed by atoms with E-state index >= 15 is 0 Å². The molecule has 4 bridgehead atoms. The summed E-state index contributed by atoms with van der Waals surface area (Å²) in [5, 5.41) is 34.1. The zero-order chi connectivity index (χ0) is 51.2. The largest absolute Gasteiger partial charge is 0.384 e. The second kappa shape index (κ2) is 21.3. The molecule has 6 aromatic rings. The monoisotopic (exact) mass is 1070 g/mol. The van der Waals surface area contributed by atoms with Crippen molar-refractivity contribution in [3.8, 4) is 22.5 Å². The SMILES string of the molecule is O=C=O.OC1(c2ccccc2F)[C@@H]2CC[C@H]1CC(OCc1c(-c3c(Cl)cccc3Cl)noc1C1CC1)C2.[C-]#[N+]c1ccc(C2(O)[C@@H]3CC[C@H]2CC(OCc2c(-c4c(Cl)cccc4Cl)noc2C2CC2)C3)c(F)c1. The molecule has 6 aliphatic rings. The van der Waals surface area contributed by atoms with Crippen molar-refractivity contribution in [3.63, 3.8) is 0 Å². The summed E-state index contributed by atoms with van der Waals surface area (Å²) in [6.07, 6.45) is 10.4. The van der Waals surface area contributed by atoms with Gasteiger partial charge in [-0.05, 0) is 137 Å². The van der Waals surface area contributed by atoms with Crippen LogP contribution in [-0.2, 0) is 43.5 Å². The normalized spacial score (nSPS) is 26.8. The molecule has 4 unspecified atom stereocenters. The Labute approximate surface area is 440 Å². The number of fused-ring (bicyclic) bond motifs is 4. The molecule has 6 aliphatic carbocycles. The third kappa shape index (κ3) is 9.92. The second-order valence-corrected chi connectivity index (χ2v) is 21.9. The molecule has 12 rings (SSSR count). The van der Waals surface area contributed by atoms with E-state index in [9.17, 15) is 19.0 Å². The number of hydrogen-bond acceptors (Lipinski definition) is 10. The Bertz CT molecular complexity index is 3020. The minimum Gasteiger partial charge on any atom is -0.384 e. The van der Waals surface area contributed by atoms with E-state index in [4.69, 9.17) is 81.1 Å². The second-order valence-electron chi connectivity index (χ2n) is 20.2. The predicted octanol–water partition coefficient (Wildman–Crippen LogP) is 14.5. The molecule has 2 aromatic heterocycles. The smallest absolute Gasteiger partial charge is 0.373 e. The first kappa shape index (κ1) is 51.5. The third-order valence-electron chi connectivity index (χ3n) is 16.1. The molecular formula is C56H51Cl4F2N3O8. The number of nitrogens with zero attached hydrogens (tertiary/aromatic N) is 3. The molecule has 2 N–H and O–H groups in total. The van der Waals surface area contributed by atoms with Crippen molar-refractivity contribution in [2.75, 3.05) is 0 Å². The number of benzene rings is 4. The van der Waals surface area contributed by atoms with Crippen molar-refractivity contribution >= 4 is 58.2 Å². The highest BCUT2D eigenvalue weighted by Crippen LogP contribution is 2.58. The van der Waals surface area contributed by atoms with Gasteiger partial charge in [0.05, 0.1) is 63.3 Å². The Hall–Kier alpha value is -4.97. The van der Waals surface area contributed by atoms with Crippen LogP contribution in [0.3, 0.4) is 0 Å². The van der Waals surface area contributed by atoms with E-state index in [-0.39, 0.29) is 53.5 Å². The van der Waals surface area contributed by atoms with Crippen molar-refractivity contribution in [2.24, 2.45) is 23.7 Å². The highest BCUT2D eigenvalue weighted by atomic mass is 35.5. The van der Waals surface area contributed by atoms with Crippen molar-refractivity contribution in [1.29, 1.82) is 0 Å². The molecule has 0 aliphatic heterocycles. The average molecular weight is 1070 g/mol. The summed E-state index contributed by atoms with van der Waals surface area (Å²) in [7, 11) is 0. The minimum atomic E-state index is -1.24.